The molecule has 1 unspecified atom stereocenters. The van der Waals surface area contributed by atoms with Crippen LogP contribution in [0.5, 0.6) is 0 Å². The number of piperidine rings is 1. The molecule has 2 fully saturated rings. The Morgan fingerprint density at radius 2 is 1.80 bits per heavy atom. The zero-order valence-electron chi connectivity index (χ0n) is 21.0. The van der Waals surface area contributed by atoms with Crippen molar-refractivity contribution in [2.24, 2.45) is 18.4 Å². The smallest absolute Gasteiger partial charge is 0.407 e. The molecular weight excluding hydrogens is 448 g/mol. The fraction of sp³-hybridized carbons (Fsp3) is 0.615. The van der Waals surface area contributed by atoms with Crippen molar-refractivity contribution in [1.82, 2.24) is 19.4 Å². The maximum Gasteiger partial charge on any atom is 0.407 e. The average Bonchev–Trinajstić information content (AvgIpc) is 3.03. The molecule has 2 aromatic rings. The van der Waals surface area contributed by atoms with Crippen molar-refractivity contribution >= 4 is 28.9 Å². The van der Waals surface area contributed by atoms with Crippen LogP contribution in [0.2, 0.25) is 0 Å². The molecule has 1 atom stereocenters. The van der Waals surface area contributed by atoms with Gasteiger partial charge in [-0.1, -0.05) is 32.9 Å². The van der Waals surface area contributed by atoms with Gasteiger partial charge in [0, 0.05) is 26.1 Å². The molecule has 1 saturated heterocycles. The average molecular weight is 485 g/mol. The van der Waals surface area contributed by atoms with Crippen LogP contribution in [0.15, 0.2) is 23.0 Å². The Morgan fingerprint density at radius 3 is 2.40 bits per heavy atom. The predicted octanol–water partition coefficient (Wildman–Crippen LogP) is 3.45. The number of imidazole rings is 1. The first-order valence-corrected chi connectivity index (χ1v) is 12.5. The highest BCUT2D eigenvalue weighted by Crippen LogP contribution is 2.33. The second-order valence-electron chi connectivity index (χ2n) is 11.3. The van der Waals surface area contributed by atoms with Gasteiger partial charge in [-0.2, -0.15) is 0 Å². The van der Waals surface area contributed by atoms with E-state index in [4.69, 9.17) is 0 Å². The Kier molecular flexibility index (Phi) is 6.79. The lowest BCUT2D eigenvalue weighted by molar-refractivity contribution is -0.135. The van der Waals surface area contributed by atoms with E-state index in [0.717, 1.165) is 43.2 Å². The molecule has 2 heterocycles. The number of amides is 3. The van der Waals surface area contributed by atoms with Crippen LogP contribution in [-0.2, 0) is 23.1 Å². The summed E-state index contributed by atoms with van der Waals surface area (Å²) in [5.74, 6) is -0.339. The molecule has 2 aliphatic rings. The summed E-state index contributed by atoms with van der Waals surface area (Å²) in [6.07, 6.45) is 3.99. The number of nitrogens with zero attached hydrogens (tertiary/aromatic N) is 3. The van der Waals surface area contributed by atoms with Gasteiger partial charge >= 0.3 is 11.8 Å². The van der Waals surface area contributed by atoms with Crippen LogP contribution in [0.3, 0.4) is 0 Å². The molecule has 3 amide bonds. The van der Waals surface area contributed by atoms with Crippen LogP contribution in [0.25, 0.3) is 11.0 Å². The standard InChI is InChI=1S/C26H36N4O5/c1-26(2,3)15-29(25(34)35)18-10-8-16(9-11-18)14-17-6-5-7-19-22(17)28(4)24(33)30(19)20-12-13-21(31)27-23(20)32/h5-7,16,18,20H,8-15H2,1-4H3,(H,34,35)(H,27,31,32). The van der Waals surface area contributed by atoms with Gasteiger partial charge in [0.2, 0.25) is 11.8 Å². The van der Waals surface area contributed by atoms with E-state index in [1.807, 2.05) is 18.2 Å². The number of carboxylic acid groups (broad SMARTS) is 1. The van der Waals surface area contributed by atoms with Gasteiger partial charge < -0.3 is 10.0 Å². The zero-order valence-corrected chi connectivity index (χ0v) is 21.0. The van der Waals surface area contributed by atoms with Crippen molar-refractivity contribution in [2.45, 2.75) is 77.8 Å². The van der Waals surface area contributed by atoms with E-state index < -0.39 is 18.0 Å². The third kappa shape index (κ3) is 5.13. The first-order valence-electron chi connectivity index (χ1n) is 12.5. The van der Waals surface area contributed by atoms with E-state index in [9.17, 15) is 24.3 Å². The van der Waals surface area contributed by atoms with Crippen molar-refractivity contribution in [3.8, 4) is 0 Å². The molecule has 1 aliphatic heterocycles. The van der Waals surface area contributed by atoms with Gasteiger partial charge in [0.25, 0.3) is 0 Å². The molecule has 0 bridgehead atoms. The SMILES string of the molecule is Cn1c(=O)n(C2CCC(=O)NC2=O)c2cccc(CC3CCC(N(CC(C)(C)C)C(=O)O)CC3)c21. The molecule has 1 aromatic carbocycles. The van der Waals surface area contributed by atoms with Crippen molar-refractivity contribution in [3.63, 3.8) is 0 Å². The van der Waals surface area contributed by atoms with Crippen molar-refractivity contribution in [3.05, 3.63) is 34.2 Å². The Hall–Kier alpha value is -3.10. The summed E-state index contributed by atoms with van der Waals surface area (Å²) in [7, 11) is 1.73. The summed E-state index contributed by atoms with van der Waals surface area (Å²) >= 11 is 0. The minimum absolute atomic E-state index is 0.0386. The summed E-state index contributed by atoms with van der Waals surface area (Å²) in [4.78, 5) is 50.7. The van der Waals surface area contributed by atoms with E-state index in [1.165, 1.54) is 4.57 Å². The van der Waals surface area contributed by atoms with Gasteiger partial charge in [0.15, 0.2) is 0 Å². The minimum atomic E-state index is -0.849. The zero-order chi connectivity index (χ0) is 25.5. The Labute approximate surface area is 205 Å². The minimum Gasteiger partial charge on any atom is -0.465 e. The molecule has 1 saturated carbocycles. The number of rotatable bonds is 5. The summed E-state index contributed by atoms with van der Waals surface area (Å²) in [5.41, 5.74) is 2.24. The van der Waals surface area contributed by atoms with Gasteiger partial charge in [-0.05, 0) is 61.5 Å². The number of hydrogen-bond donors (Lipinski definition) is 2. The van der Waals surface area contributed by atoms with E-state index in [1.54, 1.807) is 16.5 Å². The van der Waals surface area contributed by atoms with Crippen molar-refractivity contribution in [1.29, 1.82) is 0 Å². The maximum absolute atomic E-state index is 13.2. The van der Waals surface area contributed by atoms with Crippen LogP contribution in [0, 0.1) is 11.3 Å². The Bertz CT molecular complexity index is 1200. The van der Waals surface area contributed by atoms with Crippen molar-refractivity contribution < 1.29 is 19.5 Å². The number of benzene rings is 1. The fourth-order valence-electron chi connectivity index (χ4n) is 5.75. The number of para-hydroxylation sites is 1. The molecule has 1 aromatic heterocycles. The molecular formula is C26H36N4O5. The summed E-state index contributed by atoms with van der Waals surface area (Å²) in [5, 5.41) is 12.1. The van der Waals surface area contributed by atoms with E-state index in [0.29, 0.717) is 24.4 Å². The van der Waals surface area contributed by atoms with Gasteiger partial charge in [-0.15, -0.1) is 0 Å². The second-order valence-corrected chi connectivity index (χ2v) is 11.3. The number of imide groups is 1. The van der Waals surface area contributed by atoms with Gasteiger partial charge in [-0.3, -0.25) is 24.0 Å². The quantitative estimate of drug-likeness (QED) is 0.631. The monoisotopic (exact) mass is 484 g/mol. The largest absolute Gasteiger partial charge is 0.465 e. The number of nitrogens with one attached hydrogen (secondary N) is 1. The van der Waals surface area contributed by atoms with Crippen LogP contribution in [0.4, 0.5) is 4.79 Å². The highest BCUT2D eigenvalue weighted by atomic mass is 16.4. The van der Waals surface area contributed by atoms with Gasteiger partial charge in [0.05, 0.1) is 11.0 Å². The lowest BCUT2D eigenvalue weighted by Crippen LogP contribution is -2.45. The summed E-state index contributed by atoms with van der Waals surface area (Å²) in [6, 6.07) is 5.15. The predicted molar refractivity (Wildman–Crippen MR) is 132 cm³/mol. The van der Waals surface area contributed by atoms with E-state index >= 15 is 0 Å². The Morgan fingerprint density at radius 1 is 1.11 bits per heavy atom. The molecule has 9 heteroatoms. The third-order valence-electron chi connectivity index (χ3n) is 7.36. The first kappa shape index (κ1) is 25.0. The number of hydrogen-bond acceptors (Lipinski definition) is 4. The lowest BCUT2D eigenvalue weighted by Gasteiger charge is -2.38. The summed E-state index contributed by atoms with van der Waals surface area (Å²) < 4.78 is 3.13. The molecule has 190 valence electrons. The van der Waals surface area contributed by atoms with E-state index in [-0.39, 0.29) is 29.5 Å². The third-order valence-corrected chi connectivity index (χ3v) is 7.36. The number of fused-ring (bicyclic) bond motifs is 1. The lowest BCUT2D eigenvalue weighted by atomic mass is 9.81. The maximum atomic E-state index is 13.2. The molecule has 2 N–H and O–H groups in total. The Balaban J connectivity index is 1.53. The normalized spacial score (nSPS) is 23.4. The first-order chi connectivity index (χ1) is 16.5. The molecule has 9 nitrogen and oxygen atoms in total. The van der Waals surface area contributed by atoms with Crippen LogP contribution in [-0.4, -0.2) is 49.6 Å². The number of aryl methyl sites for hydroxylation is 1. The second kappa shape index (κ2) is 9.51. The number of carbonyl (C=O) groups excluding carboxylic acids is 2. The summed E-state index contributed by atoms with van der Waals surface area (Å²) in [6.45, 7) is 6.69. The van der Waals surface area contributed by atoms with Crippen LogP contribution in [0.1, 0.15) is 70.9 Å². The molecule has 0 spiro atoms. The van der Waals surface area contributed by atoms with E-state index in [2.05, 4.69) is 26.1 Å². The van der Waals surface area contributed by atoms with Gasteiger partial charge in [-0.25, -0.2) is 9.59 Å². The highest BCUT2D eigenvalue weighted by Gasteiger charge is 2.33. The number of aromatic nitrogens is 2. The molecule has 0 radical (unpaired) electrons. The van der Waals surface area contributed by atoms with Gasteiger partial charge in [0.1, 0.15) is 6.04 Å². The number of carbonyl (C=O) groups is 3. The van der Waals surface area contributed by atoms with Crippen LogP contribution >= 0.6 is 0 Å². The topological polar surface area (TPSA) is 114 Å². The highest BCUT2D eigenvalue weighted by molar-refractivity contribution is 6.00. The molecule has 4 rings (SSSR count). The van der Waals surface area contributed by atoms with Crippen molar-refractivity contribution in [2.75, 3.05) is 6.54 Å². The molecule has 35 heavy (non-hydrogen) atoms. The fourth-order valence-corrected chi connectivity index (χ4v) is 5.75. The molecule has 1 aliphatic carbocycles. The van der Waals surface area contributed by atoms with Crippen LogP contribution < -0.4 is 11.0 Å².